The number of carbonyl (C=O) groups is 1. The van der Waals surface area contributed by atoms with Crippen LogP contribution < -0.4 is 0 Å². The summed E-state index contributed by atoms with van der Waals surface area (Å²) in [6.07, 6.45) is 4.51. The van der Waals surface area contributed by atoms with E-state index in [0.29, 0.717) is 5.25 Å². The minimum Gasteiger partial charge on any atom is -0.469 e. The maximum atomic E-state index is 11.8. The van der Waals surface area contributed by atoms with E-state index in [9.17, 15) is 4.79 Å². The summed E-state index contributed by atoms with van der Waals surface area (Å²) in [6.45, 7) is 0. The van der Waals surface area contributed by atoms with Gasteiger partial charge in [0, 0.05) is 11.0 Å². The Kier molecular flexibility index (Phi) is 5.12. The van der Waals surface area contributed by atoms with Crippen LogP contribution in [0.5, 0.6) is 0 Å². The van der Waals surface area contributed by atoms with E-state index in [0.717, 1.165) is 25.0 Å². The highest BCUT2D eigenvalue weighted by Crippen LogP contribution is 2.35. The molecule has 1 saturated carbocycles. The van der Waals surface area contributed by atoms with Gasteiger partial charge in [-0.25, -0.2) is 0 Å². The number of methoxy groups -OCH3 is 1. The average molecular weight is 264 g/mol. The van der Waals surface area contributed by atoms with E-state index in [4.69, 9.17) is 4.74 Å². The van der Waals surface area contributed by atoms with Crippen LogP contribution in [0.25, 0.3) is 0 Å². The van der Waals surface area contributed by atoms with Crippen molar-refractivity contribution >= 4 is 17.7 Å². The SMILES string of the molecule is COC(=O)[C@@H]1CCCC[C@@H]1SCc1ccccc1. The van der Waals surface area contributed by atoms with Crippen molar-refractivity contribution in [3.63, 3.8) is 0 Å². The van der Waals surface area contributed by atoms with Gasteiger partial charge in [-0.15, -0.1) is 0 Å². The van der Waals surface area contributed by atoms with Crippen molar-refractivity contribution < 1.29 is 9.53 Å². The first-order valence-electron chi connectivity index (χ1n) is 6.54. The Morgan fingerprint density at radius 1 is 1.28 bits per heavy atom. The van der Waals surface area contributed by atoms with Crippen LogP contribution in [-0.4, -0.2) is 18.3 Å². The van der Waals surface area contributed by atoms with Gasteiger partial charge in [0.15, 0.2) is 0 Å². The predicted molar refractivity (Wildman–Crippen MR) is 75.5 cm³/mol. The summed E-state index contributed by atoms with van der Waals surface area (Å²) in [6, 6.07) is 10.4. The summed E-state index contributed by atoms with van der Waals surface area (Å²) in [5.41, 5.74) is 1.33. The first-order chi connectivity index (χ1) is 8.81. The Balaban J connectivity index is 1.91. The van der Waals surface area contributed by atoms with Crippen molar-refractivity contribution in [2.75, 3.05) is 7.11 Å². The van der Waals surface area contributed by atoms with Crippen molar-refractivity contribution in [2.45, 2.75) is 36.7 Å². The van der Waals surface area contributed by atoms with E-state index >= 15 is 0 Å². The quantitative estimate of drug-likeness (QED) is 0.776. The zero-order valence-corrected chi connectivity index (χ0v) is 11.6. The van der Waals surface area contributed by atoms with E-state index in [1.807, 2.05) is 17.8 Å². The molecule has 0 heterocycles. The topological polar surface area (TPSA) is 26.3 Å². The lowest BCUT2D eigenvalue weighted by atomic mass is 9.89. The molecule has 2 atom stereocenters. The Bertz CT molecular complexity index is 377. The second kappa shape index (κ2) is 6.83. The number of hydrogen-bond acceptors (Lipinski definition) is 3. The van der Waals surface area contributed by atoms with E-state index < -0.39 is 0 Å². The minimum absolute atomic E-state index is 0.0275. The molecule has 1 aromatic carbocycles. The van der Waals surface area contributed by atoms with Crippen LogP contribution in [0.2, 0.25) is 0 Å². The van der Waals surface area contributed by atoms with E-state index in [1.54, 1.807) is 0 Å². The van der Waals surface area contributed by atoms with Crippen LogP contribution in [0.15, 0.2) is 30.3 Å². The Labute approximate surface area is 113 Å². The molecular weight excluding hydrogens is 244 g/mol. The third kappa shape index (κ3) is 3.52. The van der Waals surface area contributed by atoms with Gasteiger partial charge in [0.2, 0.25) is 0 Å². The van der Waals surface area contributed by atoms with Gasteiger partial charge in [0.25, 0.3) is 0 Å². The summed E-state index contributed by atoms with van der Waals surface area (Å²) < 4.78 is 4.92. The third-order valence-corrected chi connectivity index (χ3v) is 5.01. The van der Waals surface area contributed by atoms with Crippen LogP contribution >= 0.6 is 11.8 Å². The molecule has 0 saturated heterocycles. The Morgan fingerprint density at radius 2 is 2.00 bits per heavy atom. The lowest BCUT2D eigenvalue weighted by Gasteiger charge is -2.29. The average Bonchev–Trinajstić information content (AvgIpc) is 2.45. The number of ether oxygens (including phenoxy) is 1. The van der Waals surface area contributed by atoms with Gasteiger partial charge in [0.1, 0.15) is 0 Å². The normalized spacial score (nSPS) is 23.6. The number of carbonyl (C=O) groups excluding carboxylic acids is 1. The molecule has 1 aromatic rings. The molecule has 1 fully saturated rings. The molecule has 0 radical (unpaired) electrons. The van der Waals surface area contributed by atoms with Gasteiger partial charge < -0.3 is 4.74 Å². The molecule has 1 aliphatic rings. The number of hydrogen-bond donors (Lipinski definition) is 0. The van der Waals surface area contributed by atoms with Crippen LogP contribution in [0.4, 0.5) is 0 Å². The Hall–Kier alpha value is -0.960. The first-order valence-corrected chi connectivity index (χ1v) is 7.59. The molecule has 0 amide bonds. The van der Waals surface area contributed by atoms with Crippen molar-refractivity contribution in [1.82, 2.24) is 0 Å². The zero-order valence-electron chi connectivity index (χ0n) is 10.8. The fraction of sp³-hybridized carbons (Fsp3) is 0.533. The highest BCUT2D eigenvalue weighted by atomic mass is 32.2. The molecule has 18 heavy (non-hydrogen) atoms. The highest BCUT2D eigenvalue weighted by molar-refractivity contribution is 7.99. The fourth-order valence-electron chi connectivity index (χ4n) is 2.49. The molecule has 0 spiro atoms. The summed E-state index contributed by atoms with van der Waals surface area (Å²) in [7, 11) is 1.50. The van der Waals surface area contributed by atoms with E-state index in [1.165, 1.54) is 19.1 Å². The summed E-state index contributed by atoms with van der Waals surface area (Å²) in [5, 5.41) is 0.423. The molecule has 98 valence electrons. The lowest BCUT2D eigenvalue weighted by Crippen LogP contribution is -2.30. The van der Waals surface area contributed by atoms with Gasteiger partial charge in [-0.05, 0) is 18.4 Å². The smallest absolute Gasteiger partial charge is 0.309 e. The molecule has 0 bridgehead atoms. The largest absolute Gasteiger partial charge is 0.469 e. The number of benzene rings is 1. The molecule has 3 heteroatoms. The van der Waals surface area contributed by atoms with Crippen molar-refractivity contribution in [3.8, 4) is 0 Å². The molecule has 0 unspecified atom stereocenters. The van der Waals surface area contributed by atoms with Gasteiger partial charge in [-0.1, -0.05) is 43.2 Å². The third-order valence-electron chi connectivity index (χ3n) is 3.51. The van der Waals surface area contributed by atoms with Crippen molar-refractivity contribution in [2.24, 2.45) is 5.92 Å². The molecule has 0 aliphatic heterocycles. The van der Waals surface area contributed by atoms with Crippen molar-refractivity contribution in [1.29, 1.82) is 0 Å². The number of esters is 1. The maximum Gasteiger partial charge on any atom is 0.309 e. The summed E-state index contributed by atoms with van der Waals surface area (Å²) >= 11 is 1.90. The van der Waals surface area contributed by atoms with Crippen LogP contribution in [0.3, 0.4) is 0 Å². The second-order valence-electron chi connectivity index (χ2n) is 4.75. The van der Waals surface area contributed by atoms with Gasteiger partial charge >= 0.3 is 5.97 Å². The first kappa shape index (κ1) is 13.5. The second-order valence-corrected chi connectivity index (χ2v) is 5.98. The van der Waals surface area contributed by atoms with E-state index in [-0.39, 0.29) is 11.9 Å². The highest BCUT2D eigenvalue weighted by Gasteiger charge is 2.31. The summed E-state index contributed by atoms with van der Waals surface area (Å²) in [4.78, 5) is 11.8. The van der Waals surface area contributed by atoms with Crippen LogP contribution in [-0.2, 0) is 15.3 Å². The fourth-order valence-corrected chi connectivity index (χ4v) is 3.91. The zero-order chi connectivity index (χ0) is 12.8. The predicted octanol–water partition coefficient (Wildman–Crippen LogP) is 3.65. The monoisotopic (exact) mass is 264 g/mol. The van der Waals surface area contributed by atoms with Gasteiger partial charge in [0.05, 0.1) is 13.0 Å². The molecule has 0 aromatic heterocycles. The Morgan fingerprint density at radius 3 is 2.72 bits per heavy atom. The molecule has 2 nitrogen and oxygen atoms in total. The molecular formula is C15H20O2S. The van der Waals surface area contributed by atoms with E-state index in [2.05, 4.69) is 24.3 Å². The van der Waals surface area contributed by atoms with Gasteiger partial charge in [-0.3, -0.25) is 4.79 Å². The number of thioether (sulfide) groups is 1. The molecule has 1 aliphatic carbocycles. The maximum absolute atomic E-state index is 11.8. The summed E-state index contributed by atoms with van der Waals surface area (Å²) in [5.74, 6) is 1.05. The molecule has 0 N–H and O–H groups in total. The standard InChI is InChI=1S/C15H20O2S/c1-17-15(16)13-9-5-6-10-14(13)18-11-12-7-3-2-4-8-12/h2-4,7-8,13-14H,5-6,9-11H2,1H3/t13-,14+/m1/s1. The van der Waals surface area contributed by atoms with Crippen molar-refractivity contribution in [3.05, 3.63) is 35.9 Å². The lowest BCUT2D eigenvalue weighted by molar-refractivity contribution is -0.146. The van der Waals surface area contributed by atoms with Crippen LogP contribution in [0.1, 0.15) is 31.2 Å². The van der Waals surface area contributed by atoms with Crippen LogP contribution in [0, 0.1) is 5.92 Å². The molecule has 2 rings (SSSR count). The number of rotatable bonds is 4. The minimum atomic E-state index is -0.0275. The van der Waals surface area contributed by atoms with Gasteiger partial charge in [-0.2, -0.15) is 11.8 Å².